The Morgan fingerprint density at radius 1 is 1.44 bits per heavy atom. The molecule has 1 saturated carbocycles. The minimum Gasteiger partial charge on any atom is -0.465 e. The van der Waals surface area contributed by atoms with Crippen molar-refractivity contribution in [1.29, 1.82) is 0 Å². The molecule has 1 fully saturated rings. The van der Waals surface area contributed by atoms with Crippen LogP contribution in [0.1, 0.15) is 25.5 Å². The van der Waals surface area contributed by atoms with Crippen molar-refractivity contribution in [2.75, 3.05) is 0 Å². The van der Waals surface area contributed by atoms with Crippen molar-refractivity contribution < 1.29 is 17.9 Å². The summed E-state index contributed by atoms with van der Waals surface area (Å²) in [5.74, 6) is 0.00919. The van der Waals surface area contributed by atoms with Gasteiger partial charge in [-0.1, -0.05) is 6.07 Å². The summed E-state index contributed by atoms with van der Waals surface area (Å²) < 4.78 is 41.8. The van der Waals surface area contributed by atoms with Crippen LogP contribution in [0.25, 0.3) is 0 Å². The number of ether oxygens (including phenoxy) is 1. The van der Waals surface area contributed by atoms with Gasteiger partial charge < -0.3 is 10.1 Å². The molecule has 2 rings (SSSR count). The van der Waals surface area contributed by atoms with Crippen LogP contribution < -0.4 is 10.1 Å². The average Bonchev–Trinajstić information content (AvgIpc) is 3.09. The van der Waals surface area contributed by atoms with Gasteiger partial charge in [-0.2, -0.15) is 13.2 Å². The van der Waals surface area contributed by atoms with Gasteiger partial charge in [0.05, 0.1) is 5.69 Å². The Hall–Kier alpha value is -1.30. The summed E-state index contributed by atoms with van der Waals surface area (Å²) in [5.41, 5.74) is 0.689. The molecule has 0 spiro atoms. The standard InChI is InChI=1S/C12H15F3N2O/c1-8(12(13,14)15)18-11-4-2-3-10(17-11)7-16-9-5-6-9/h2-4,8-9,16H,5-7H2,1H3. The van der Waals surface area contributed by atoms with Gasteiger partial charge in [-0.15, -0.1) is 0 Å². The molecule has 1 aliphatic carbocycles. The van der Waals surface area contributed by atoms with Gasteiger partial charge in [0.1, 0.15) is 0 Å². The maximum Gasteiger partial charge on any atom is 0.425 e. The second-order valence-corrected chi connectivity index (χ2v) is 4.42. The lowest BCUT2D eigenvalue weighted by molar-refractivity contribution is -0.190. The van der Waals surface area contributed by atoms with E-state index in [9.17, 15) is 13.2 Å². The second-order valence-electron chi connectivity index (χ2n) is 4.42. The molecule has 0 aliphatic heterocycles. The summed E-state index contributed by atoms with van der Waals surface area (Å²) in [6.45, 7) is 1.53. The van der Waals surface area contributed by atoms with Crippen LogP contribution in [0.5, 0.6) is 5.88 Å². The second kappa shape index (κ2) is 5.14. The van der Waals surface area contributed by atoms with Crippen molar-refractivity contribution >= 4 is 0 Å². The summed E-state index contributed by atoms with van der Waals surface area (Å²) in [5, 5.41) is 3.24. The topological polar surface area (TPSA) is 34.1 Å². The number of hydrogen-bond donors (Lipinski definition) is 1. The first-order chi connectivity index (χ1) is 8.45. The quantitative estimate of drug-likeness (QED) is 0.883. The van der Waals surface area contributed by atoms with E-state index in [1.165, 1.54) is 6.07 Å². The summed E-state index contributed by atoms with van der Waals surface area (Å²) in [6, 6.07) is 5.38. The molecule has 1 aromatic rings. The number of rotatable bonds is 5. The van der Waals surface area contributed by atoms with E-state index < -0.39 is 12.3 Å². The Morgan fingerprint density at radius 3 is 2.78 bits per heavy atom. The third kappa shape index (κ3) is 3.87. The molecule has 1 aliphatic rings. The van der Waals surface area contributed by atoms with Crippen LogP contribution in [-0.2, 0) is 6.54 Å². The number of alkyl halides is 3. The van der Waals surface area contributed by atoms with Crippen molar-refractivity contribution in [2.24, 2.45) is 0 Å². The highest BCUT2D eigenvalue weighted by Crippen LogP contribution is 2.24. The van der Waals surface area contributed by atoms with Crippen LogP contribution in [0, 0.1) is 0 Å². The monoisotopic (exact) mass is 260 g/mol. The van der Waals surface area contributed by atoms with Crippen molar-refractivity contribution in [3.8, 4) is 5.88 Å². The first-order valence-corrected chi connectivity index (χ1v) is 5.88. The molecule has 0 bridgehead atoms. The van der Waals surface area contributed by atoms with E-state index in [-0.39, 0.29) is 5.88 Å². The van der Waals surface area contributed by atoms with Crippen molar-refractivity contribution in [3.05, 3.63) is 23.9 Å². The highest BCUT2D eigenvalue weighted by Gasteiger charge is 2.38. The minimum atomic E-state index is -4.37. The summed E-state index contributed by atoms with van der Waals surface area (Å²) in [6.07, 6.45) is -3.91. The first kappa shape index (κ1) is 13.1. The highest BCUT2D eigenvalue weighted by atomic mass is 19.4. The molecule has 3 nitrogen and oxygen atoms in total. The van der Waals surface area contributed by atoms with E-state index in [1.807, 2.05) is 0 Å². The zero-order chi connectivity index (χ0) is 13.2. The van der Waals surface area contributed by atoms with Crippen LogP contribution in [-0.4, -0.2) is 23.3 Å². The fraction of sp³-hybridized carbons (Fsp3) is 0.583. The maximum absolute atomic E-state index is 12.3. The molecule has 1 atom stereocenters. The number of halogens is 3. The third-order valence-corrected chi connectivity index (χ3v) is 2.69. The Bertz CT molecular complexity index is 405. The van der Waals surface area contributed by atoms with E-state index in [1.54, 1.807) is 12.1 Å². The summed E-state index contributed by atoms with van der Waals surface area (Å²) in [4.78, 5) is 4.04. The summed E-state index contributed by atoms with van der Waals surface area (Å²) in [7, 11) is 0. The molecule has 0 aromatic carbocycles. The SMILES string of the molecule is CC(Oc1cccc(CNC2CC2)n1)C(F)(F)F. The molecule has 0 radical (unpaired) electrons. The van der Waals surface area contributed by atoms with Crippen LogP contribution in [0.15, 0.2) is 18.2 Å². The molecule has 18 heavy (non-hydrogen) atoms. The smallest absolute Gasteiger partial charge is 0.425 e. The zero-order valence-corrected chi connectivity index (χ0v) is 10.00. The first-order valence-electron chi connectivity index (χ1n) is 5.88. The van der Waals surface area contributed by atoms with Gasteiger partial charge in [-0.05, 0) is 25.8 Å². The van der Waals surface area contributed by atoms with Gasteiger partial charge in [0.25, 0.3) is 0 Å². The van der Waals surface area contributed by atoms with E-state index in [4.69, 9.17) is 4.74 Å². The van der Waals surface area contributed by atoms with Gasteiger partial charge in [-0.3, -0.25) is 0 Å². The Balaban J connectivity index is 1.93. The van der Waals surface area contributed by atoms with E-state index in [0.29, 0.717) is 18.3 Å². The lowest BCUT2D eigenvalue weighted by Gasteiger charge is -2.17. The largest absolute Gasteiger partial charge is 0.465 e. The number of hydrogen-bond acceptors (Lipinski definition) is 3. The molecule has 0 saturated heterocycles. The molecule has 1 heterocycles. The van der Waals surface area contributed by atoms with Crippen LogP contribution in [0.4, 0.5) is 13.2 Å². The molecular formula is C12H15F3N2O. The van der Waals surface area contributed by atoms with Crippen LogP contribution in [0.2, 0.25) is 0 Å². The molecule has 6 heteroatoms. The van der Waals surface area contributed by atoms with Crippen molar-refractivity contribution in [3.63, 3.8) is 0 Å². The number of nitrogens with one attached hydrogen (secondary N) is 1. The maximum atomic E-state index is 12.3. The van der Waals surface area contributed by atoms with E-state index in [0.717, 1.165) is 19.8 Å². The zero-order valence-electron chi connectivity index (χ0n) is 10.00. The normalized spacial score (nSPS) is 17.6. The predicted molar refractivity (Wildman–Crippen MR) is 60.2 cm³/mol. The minimum absolute atomic E-state index is 0.00919. The molecule has 0 amide bonds. The number of nitrogens with zero attached hydrogens (tertiary/aromatic N) is 1. The fourth-order valence-corrected chi connectivity index (χ4v) is 1.41. The van der Waals surface area contributed by atoms with E-state index in [2.05, 4.69) is 10.3 Å². The van der Waals surface area contributed by atoms with Crippen LogP contribution >= 0.6 is 0 Å². The molecule has 1 N–H and O–H groups in total. The fourth-order valence-electron chi connectivity index (χ4n) is 1.41. The van der Waals surface area contributed by atoms with Crippen molar-refractivity contribution in [2.45, 2.75) is 44.6 Å². The van der Waals surface area contributed by atoms with Crippen molar-refractivity contribution in [1.82, 2.24) is 10.3 Å². The average molecular weight is 260 g/mol. The molecular weight excluding hydrogens is 245 g/mol. The van der Waals surface area contributed by atoms with Gasteiger partial charge in [0.2, 0.25) is 5.88 Å². The Kier molecular flexibility index (Phi) is 3.75. The number of pyridine rings is 1. The molecule has 100 valence electrons. The summed E-state index contributed by atoms with van der Waals surface area (Å²) >= 11 is 0. The Morgan fingerprint density at radius 2 is 2.17 bits per heavy atom. The number of aromatic nitrogens is 1. The molecule has 1 aromatic heterocycles. The van der Waals surface area contributed by atoms with Gasteiger partial charge >= 0.3 is 6.18 Å². The lowest BCUT2D eigenvalue weighted by Crippen LogP contribution is -2.31. The molecule has 1 unspecified atom stereocenters. The predicted octanol–water partition coefficient (Wildman–Crippen LogP) is 2.66. The highest BCUT2D eigenvalue weighted by molar-refractivity contribution is 5.16. The Labute approximate surface area is 103 Å². The van der Waals surface area contributed by atoms with Gasteiger partial charge in [-0.25, -0.2) is 4.98 Å². The lowest BCUT2D eigenvalue weighted by atomic mass is 10.3. The third-order valence-electron chi connectivity index (χ3n) is 2.69. The van der Waals surface area contributed by atoms with Gasteiger partial charge in [0.15, 0.2) is 6.10 Å². The van der Waals surface area contributed by atoms with E-state index >= 15 is 0 Å². The van der Waals surface area contributed by atoms with Gasteiger partial charge in [0, 0.05) is 18.7 Å². The van der Waals surface area contributed by atoms with Crippen LogP contribution in [0.3, 0.4) is 0 Å².